The Labute approximate surface area is 143 Å². The Bertz CT molecular complexity index is 822. The van der Waals surface area contributed by atoms with Crippen LogP contribution >= 0.6 is 0 Å². The number of hydrogen-bond acceptors (Lipinski definition) is 7. The molecule has 0 aliphatic carbocycles. The van der Waals surface area contributed by atoms with Crippen LogP contribution in [-0.2, 0) is 0 Å². The van der Waals surface area contributed by atoms with E-state index in [2.05, 4.69) is 10.3 Å². The van der Waals surface area contributed by atoms with Gasteiger partial charge in [0, 0.05) is 11.8 Å². The molecule has 0 aliphatic rings. The molecule has 0 aliphatic heterocycles. The highest BCUT2D eigenvalue weighted by atomic mass is 16.6. The predicted octanol–water partition coefficient (Wildman–Crippen LogP) is 2.58. The molecule has 1 aromatic carbocycles. The van der Waals surface area contributed by atoms with E-state index in [0.29, 0.717) is 5.69 Å². The van der Waals surface area contributed by atoms with Gasteiger partial charge < -0.3 is 19.5 Å². The average molecular weight is 347 g/mol. The third kappa shape index (κ3) is 3.60. The number of aryl methyl sites for hydroxylation is 1. The molecule has 0 fully saturated rings. The maximum atomic E-state index is 12.6. The largest absolute Gasteiger partial charge is 0.493 e. The number of amides is 1. The number of nitrogens with zero attached hydrogens (tertiary/aromatic N) is 2. The first-order valence-corrected chi connectivity index (χ1v) is 7.15. The molecule has 0 saturated carbocycles. The molecule has 2 aromatic rings. The van der Waals surface area contributed by atoms with E-state index >= 15 is 0 Å². The summed E-state index contributed by atoms with van der Waals surface area (Å²) in [5.74, 6) is -0.486. The molecule has 9 nitrogen and oxygen atoms in total. The van der Waals surface area contributed by atoms with Crippen molar-refractivity contribution >= 4 is 17.4 Å². The quantitative estimate of drug-likeness (QED) is 0.631. The minimum atomic E-state index is -0.718. The predicted molar refractivity (Wildman–Crippen MR) is 89.7 cm³/mol. The minimum Gasteiger partial charge on any atom is -0.493 e. The van der Waals surface area contributed by atoms with Crippen LogP contribution < -0.4 is 19.5 Å². The van der Waals surface area contributed by atoms with Gasteiger partial charge >= 0.3 is 5.69 Å². The van der Waals surface area contributed by atoms with E-state index in [1.165, 1.54) is 27.4 Å². The summed E-state index contributed by atoms with van der Waals surface area (Å²) in [7, 11) is 3.92. The van der Waals surface area contributed by atoms with Crippen molar-refractivity contribution in [2.45, 2.75) is 6.92 Å². The maximum Gasteiger partial charge on any atom is 0.327 e. The van der Waals surface area contributed by atoms with Crippen LogP contribution in [0.25, 0.3) is 0 Å². The fourth-order valence-corrected chi connectivity index (χ4v) is 2.29. The van der Waals surface area contributed by atoms with Crippen molar-refractivity contribution in [3.8, 4) is 17.2 Å². The molecular formula is C16H17N3O6. The van der Waals surface area contributed by atoms with Gasteiger partial charge in [-0.25, -0.2) is 4.98 Å². The molecule has 0 saturated heterocycles. The van der Waals surface area contributed by atoms with Gasteiger partial charge in [-0.2, -0.15) is 0 Å². The van der Waals surface area contributed by atoms with Gasteiger partial charge in [0.05, 0.1) is 26.3 Å². The van der Waals surface area contributed by atoms with Gasteiger partial charge in [0.2, 0.25) is 11.5 Å². The van der Waals surface area contributed by atoms with Crippen LogP contribution in [0, 0.1) is 17.0 Å². The lowest BCUT2D eigenvalue weighted by molar-refractivity contribution is -0.386. The summed E-state index contributed by atoms with van der Waals surface area (Å²) < 4.78 is 15.4. The summed E-state index contributed by atoms with van der Waals surface area (Å²) in [4.78, 5) is 27.5. The van der Waals surface area contributed by atoms with Crippen LogP contribution in [0.2, 0.25) is 0 Å². The average Bonchev–Trinajstić information content (AvgIpc) is 2.59. The summed E-state index contributed by atoms with van der Waals surface area (Å²) in [6.07, 6.45) is 0. The van der Waals surface area contributed by atoms with Crippen LogP contribution in [0.15, 0.2) is 24.3 Å². The molecule has 9 heteroatoms. The Hall–Kier alpha value is -3.36. The zero-order valence-corrected chi connectivity index (χ0v) is 14.2. The molecule has 0 atom stereocenters. The fourth-order valence-electron chi connectivity index (χ4n) is 2.29. The molecule has 1 N–H and O–H groups in total. The first-order valence-electron chi connectivity index (χ1n) is 7.15. The Morgan fingerprint density at radius 1 is 1.16 bits per heavy atom. The molecule has 132 valence electrons. The van der Waals surface area contributed by atoms with Gasteiger partial charge in [-0.3, -0.25) is 14.9 Å². The number of nitro benzene ring substituents is 1. The van der Waals surface area contributed by atoms with Crippen LogP contribution in [0.1, 0.15) is 16.1 Å². The van der Waals surface area contributed by atoms with E-state index in [1.807, 2.05) is 0 Å². The molecule has 25 heavy (non-hydrogen) atoms. The lowest BCUT2D eigenvalue weighted by Gasteiger charge is -2.14. The first-order chi connectivity index (χ1) is 11.9. The summed E-state index contributed by atoms with van der Waals surface area (Å²) in [6.45, 7) is 1.76. The normalized spacial score (nSPS) is 10.1. The number of rotatable bonds is 6. The van der Waals surface area contributed by atoms with Crippen molar-refractivity contribution in [1.29, 1.82) is 0 Å². The number of carbonyl (C=O) groups excluding carboxylic acids is 1. The van der Waals surface area contributed by atoms with E-state index in [4.69, 9.17) is 14.2 Å². The molecule has 1 amide bonds. The number of benzene rings is 1. The summed E-state index contributed by atoms with van der Waals surface area (Å²) in [5, 5.41) is 14.0. The number of aromatic nitrogens is 1. The highest BCUT2D eigenvalue weighted by Gasteiger charge is 2.32. The van der Waals surface area contributed by atoms with Crippen LogP contribution in [0.3, 0.4) is 0 Å². The molecule has 0 unspecified atom stereocenters. The lowest BCUT2D eigenvalue weighted by atomic mass is 10.1. The number of hydrogen-bond donors (Lipinski definition) is 1. The second-order valence-electron chi connectivity index (χ2n) is 4.92. The third-order valence-corrected chi connectivity index (χ3v) is 3.36. The lowest BCUT2D eigenvalue weighted by Crippen LogP contribution is -2.16. The summed E-state index contributed by atoms with van der Waals surface area (Å²) in [6, 6.07) is 6.28. The first kappa shape index (κ1) is 18.0. The monoisotopic (exact) mass is 347 g/mol. The molecule has 0 bridgehead atoms. The third-order valence-electron chi connectivity index (χ3n) is 3.36. The zero-order chi connectivity index (χ0) is 18.6. The van der Waals surface area contributed by atoms with Crippen molar-refractivity contribution in [2.75, 3.05) is 26.6 Å². The van der Waals surface area contributed by atoms with E-state index in [1.54, 1.807) is 25.1 Å². The highest BCUT2D eigenvalue weighted by molar-refractivity contribution is 6.08. The number of carbonyl (C=O) groups is 1. The Morgan fingerprint density at radius 2 is 1.84 bits per heavy atom. The zero-order valence-electron chi connectivity index (χ0n) is 14.2. The Kier molecular flexibility index (Phi) is 5.38. The number of anilines is 1. The molecule has 0 spiro atoms. The Balaban J connectivity index is 2.58. The number of nitrogens with one attached hydrogen (secondary N) is 1. The molecular weight excluding hydrogens is 330 g/mol. The number of methoxy groups -OCH3 is 3. The van der Waals surface area contributed by atoms with Gasteiger partial charge in [0.1, 0.15) is 11.4 Å². The molecule has 2 rings (SSSR count). The molecule has 1 aromatic heterocycles. The van der Waals surface area contributed by atoms with E-state index < -0.39 is 16.5 Å². The summed E-state index contributed by atoms with van der Waals surface area (Å²) in [5.41, 5.74) is -0.0645. The minimum absolute atomic E-state index is 0.0296. The fraction of sp³-hybridized carbons (Fsp3) is 0.250. The second kappa shape index (κ2) is 7.47. The van der Waals surface area contributed by atoms with Crippen molar-refractivity contribution < 1.29 is 23.9 Å². The van der Waals surface area contributed by atoms with Crippen LogP contribution in [-0.4, -0.2) is 37.1 Å². The SMILES string of the molecule is COc1cc(C(=O)Nc2cccc(C)n2)c([N+](=O)[O-])c(OC)c1OC. The standard InChI is InChI=1S/C16H17N3O6/c1-9-6-5-7-12(17-9)18-16(20)10-8-11(23-2)14(24-3)15(25-4)13(10)19(21)22/h5-8H,1-4H3,(H,17,18,20). The van der Waals surface area contributed by atoms with Gasteiger partial charge in [-0.05, 0) is 19.1 Å². The van der Waals surface area contributed by atoms with Gasteiger partial charge in [-0.15, -0.1) is 0 Å². The van der Waals surface area contributed by atoms with Crippen molar-refractivity contribution in [2.24, 2.45) is 0 Å². The molecule has 0 radical (unpaired) electrons. The summed E-state index contributed by atoms with van der Waals surface area (Å²) >= 11 is 0. The van der Waals surface area contributed by atoms with E-state index in [-0.39, 0.29) is 28.6 Å². The van der Waals surface area contributed by atoms with Crippen LogP contribution in [0.4, 0.5) is 11.5 Å². The number of nitro groups is 1. The number of pyridine rings is 1. The van der Waals surface area contributed by atoms with E-state index in [9.17, 15) is 14.9 Å². The smallest absolute Gasteiger partial charge is 0.327 e. The van der Waals surface area contributed by atoms with Crippen molar-refractivity contribution in [3.05, 3.63) is 45.6 Å². The topological polar surface area (TPSA) is 113 Å². The van der Waals surface area contributed by atoms with Gasteiger partial charge in [0.15, 0.2) is 5.75 Å². The van der Waals surface area contributed by atoms with Crippen molar-refractivity contribution in [1.82, 2.24) is 4.98 Å². The second-order valence-corrected chi connectivity index (χ2v) is 4.92. The number of ether oxygens (including phenoxy) is 3. The van der Waals surface area contributed by atoms with Crippen molar-refractivity contribution in [3.63, 3.8) is 0 Å². The van der Waals surface area contributed by atoms with E-state index in [0.717, 1.165) is 0 Å². The van der Waals surface area contributed by atoms with Gasteiger partial charge in [-0.1, -0.05) is 6.07 Å². The van der Waals surface area contributed by atoms with Gasteiger partial charge in [0.25, 0.3) is 5.91 Å². The Morgan fingerprint density at radius 3 is 2.36 bits per heavy atom. The van der Waals surface area contributed by atoms with Crippen LogP contribution in [0.5, 0.6) is 17.2 Å². The maximum absolute atomic E-state index is 12.6. The highest BCUT2D eigenvalue weighted by Crippen LogP contribution is 2.46. The molecule has 1 heterocycles.